The van der Waals surface area contributed by atoms with Crippen molar-refractivity contribution in [1.29, 1.82) is 0 Å². The number of nitrogens with one attached hydrogen (secondary N) is 1. The average Bonchev–Trinajstić information content (AvgIpc) is 3.10. The summed E-state index contributed by atoms with van der Waals surface area (Å²) in [7, 11) is 0. The number of nitrogens with zero attached hydrogens (tertiary/aromatic N) is 2. The Morgan fingerprint density at radius 2 is 1.51 bits per heavy atom. The summed E-state index contributed by atoms with van der Waals surface area (Å²) in [5.74, 6) is -0.860. The lowest BCUT2D eigenvalue weighted by atomic mass is 9.92. The number of halogens is 1. The first-order valence-electron chi connectivity index (χ1n) is 11.4. The van der Waals surface area contributed by atoms with Gasteiger partial charge >= 0.3 is 0 Å². The molecule has 1 N–H and O–H groups in total. The number of carbonyl (C=O) groups is 2. The van der Waals surface area contributed by atoms with Crippen LogP contribution in [0.4, 0.5) is 21.5 Å². The zero-order valence-electron chi connectivity index (χ0n) is 19.0. The number of carbonyl (C=O) groups excluding carboxylic acids is 2. The quantitative estimate of drug-likeness (QED) is 0.430. The zero-order chi connectivity index (χ0) is 24.2. The first kappa shape index (κ1) is 21.1. The molecule has 0 bridgehead atoms. The third kappa shape index (κ3) is 3.14. The first-order chi connectivity index (χ1) is 17.0. The van der Waals surface area contributed by atoms with Crippen molar-refractivity contribution in [2.75, 3.05) is 15.1 Å². The Labute approximate surface area is 202 Å². The van der Waals surface area contributed by atoms with E-state index in [4.69, 9.17) is 0 Å². The Hall–Kier alpha value is -4.45. The van der Waals surface area contributed by atoms with Crippen LogP contribution in [0.5, 0.6) is 0 Å². The highest BCUT2D eigenvalue weighted by molar-refractivity contribution is 6.22. The molecule has 0 saturated carbocycles. The van der Waals surface area contributed by atoms with Crippen LogP contribution in [0, 0.1) is 12.7 Å². The molecule has 0 saturated heterocycles. The highest BCUT2D eigenvalue weighted by Crippen LogP contribution is 2.49. The number of benzene rings is 4. The molecule has 2 heterocycles. The lowest BCUT2D eigenvalue weighted by molar-refractivity contribution is -0.122. The van der Waals surface area contributed by atoms with Crippen molar-refractivity contribution in [3.05, 3.63) is 125 Å². The summed E-state index contributed by atoms with van der Waals surface area (Å²) in [6.07, 6.45) is 0. The minimum Gasteiger partial charge on any atom is -0.350 e. The fourth-order valence-electron chi connectivity index (χ4n) is 5.01. The molecule has 4 aromatic carbocycles. The van der Waals surface area contributed by atoms with Gasteiger partial charge in [-0.3, -0.25) is 14.5 Å². The molecule has 5 nitrogen and oxygen atoms in total. The van der Waals surface area contributed by atoms with Crippen LogP contribution in [0.2, 0.25) is 0 Å². The van der Waals surface area contributed by atoms with Crippen LogP contribution >= 0.6 is 0 Å². The van der Waals surface area contributed by atoms with Crippen molar-refractivity contribution >= 4 is 28.9 Å². The number of aryl methyl sites for hydroxylation is 1. The van der Waals surface area contributed by atoms with Crippen molar-refractivity contribution < 1.29 is 14.0 Å². The van der Waals surface area contributed by atoms with Gasteiger partial charge in [0.2, 0.25) is 5.66 Å². The summed E-state index contributed by atoms with van der Waals surface area (Å²) in [6, 6.07) is 28.4. The zero-order valence-corrected chi connectivity index (χ0v) is 19.0. The number of fused-ring (bicyclic) bond motifs is 3. The minimum atomic E-state index is -1.46. The van der Waals surface area contributed by atoms with Crippen LogP contribution in [-0.4, -0.2) is 11.8 Å². The van der Waals surface area contributed by atoms with Gasteiger partial charge in [-0.15, -0.1) is 0 Å². The standard InChI is InChI=1S/C29H22FN3O2/c1-19-10-16-22(17-11-19)33-27(34)23-6-2-4-8-25(23)31-29(33)24-7-3-5-9-26(24)32(28(29)35)18-20-12-14-21(30)15-13-20/h2-17,31H,18H2,1H3. The molecule has 0 fully saturated rings. The van der Waals surface area contributed by atoms with Gasteiger partial charge in [-0.2, -0.15) is 0 Å². The van der Waals surface area contributed by atoms with Gasteiger partial charge in [-0.25, -0.2) is 4.39 Å². The second-order valence-electron chi connectivity index (χ2n) is 8.89. The summed E-state index contributed by atoms with van der Waals surface area (Å²) in [5, 5.41) is 3.45. The third-order valence-electron chi connectivity index (χ3n) is 6.70. The molecule has 6 heteroatoms. The van der Waals surface area contributed by atoms with E-state index in [1.54, 1.807) is 28.0 Å². The number of hydrogen-bond acceptors (Lipinski definition) is 3. The summed E-state index contributed by atoms with van der Waals surface area (Å²) in [6.45, 7) is 2.22. The van der Waals surface area contributed by atoms with Crippen LogP contribution in [0.15, 0.2) is 97.1 Å². The predicted octanol–water partition coefficient (Wildman–Crippen LogP) is 5.61. The van der Waals surface area contributed by atoms with E-state index in [1.807, 2.05) is 73.7 Å². The Kier molecular flexibility index (Phi) is 4.71. The minimum absolute atomic E-state index is 0.247. The number of rotatable bonds is 3. The number of para-hydroxylation sites is 2. The molecule has 6 rings (SSSR count). The molecule has 1 spiro atoms. The molecule has 35 heavy (non-hydrogen) atoms. The van der Waals surface area contributed by atoms with E-state index in [1.165, 1.54) is 12.1 Å². The molecular weight excluding hydrogens is 441 g/mol. The molecule has 0 aliphatic carbocycles. The van der Waals surface area contributed by atoms with Crippen molar-refractivity contribution in [2.24, 2.45) is 0 Å². The van der Waals surface area contributed by atoms with Gasteiger partial charge in [0.1, 0.15) is 5.82 Å². The van der Waals surface area contributed by atoms with E-state index < -0.39 is 5.66 Å². The van der Waals surface area contributed by atoms with Gasteiger partial charge in [0.25, 0.3) is 11.8 Å². The molecule has 1 atom stereocenters. The van der Waals surface area contributed by atoms with Crippen molar-refractivity contribution in [3.8, 4) is 0 Å². The predicted molar refractivity (Wildman–Crippen MR) is 134 cm³/mol. The van der Waals surface area contributed by atoms with Gasteiger partial charge in [0, 0.05) is 16.9 Å². The Morgan fingerprint density at radius 3 is 2.29 bits per heavy atom. The maximum atomic E-state index is 14.4. The highest BCUT2D eigenvalue weighted by Gasteiger charge is 2.59. The Balaban J connectivity index is 1.56. The van der Waals surface area contributed by atoms with E-state index in [-0.39, 0.29) is 24.2 Å². The van der Waals surface area contributed by atoms with Crippen LogP contribution < -0.4 is 15.1 Å². The normalized spacial score (nSPS) is 18.5. The molecule has 4 aromatic rings. The monoisotopic (exact) mass is 463 g/mol. The number of anilines is 3. The third-order valence-corrected chi connectivity index (χ3v) is 6.70. The van der Waals surface area contributed by atoms with Crippen LogP contribution in [-0.2, 0) is 17.0 Å². The van der Waals surface area contributed by atoms with Gasteiger partial charge in [0.05, 0.1) is 17.8 Å². The molecule has 0 aromatic heterocycles. The van der Waals surface area contributed by atoms with Crippen LogP contribution in [0.1, 0.15) is 27.0 Å². The molecule has 2 amide bonds. The molecule has 172 valence electrons. The fraction of sp³-hybridized carbons (Fsp3) is 0.103. The first-order valence-corrected chi connectivity index (χ1v) is 11.4. The van der Waals surface area contributed by atoms with E-state index >= 15 is 0 Å². The van der Waals surface area contributed by atoms with E-state index in [0.29, 0.717) is 28.2 Å². The highest BCUT2D eigenvalue weighted by atomic mass is 19.1. The molecule has 2 aliphatic rings. The van der Waals surface area contributed by atoms with Crippen molar-refractivity contribution in [2.45, 2.75) is 19.1 Å². The molecule has 0 radical (unpaired) electrons. The van der Waals surface area contributed by atoms with Gasteiger partial charge in [0.15, 0.2) is 0 Å². The molecule has 1 unspecified atom stereocenters. The van der Waals surface area contributed by atoms with E-state index in [0.717, 1.165) is 11.1 Å². The maximum absolute atomic E-state index is 14.4. The van der Waals surface area contributed by atoms with E-state index in [9.17, 15) is 14.0 Å². The SMILES string of the molecule is Cc1ccc(N2C(=O)c3ccccc3NC23C(=O)N(Cc2ccc(F)cc2)c2ccccc23)cc1. The van der Waals surface area contributed by atoms with Gasteiger partial charge in [-0.1, -0.05) is 60.2 Å². The smallest absolute Gasteiger partial charge is 0.279 e. The largest absolute Gasteiger partial charge is 0.350 e. The summed E-state index contributed by atoms with van der Waals surface area (Å²) < 4.78 is 13.5. The topological polar surface area (TPSA) is 52.7 Å². The lowest BCUT2D eigenvalue weighted by Crippen LogP contribution is -2.63. The number of amides is 2. The second kappa shape index (κ2) is 7.81. The Morgan fingerprint density at radius 1 is 0.829 bits per heavy atom. The summed E-state index contributed by atoms with van der Waals surface area (Å²) >= 11 is 0. The Bertz CT molecular complexity index is 1470. The second-order valence-corrected chi connectivity index (χ2v) is 8.89. The fourth-order valence-corrected chi connectivity index (χ4v) is 5.01. The molecule has 2 aliphatic heterocycles. The van der Waals surface area contributed by atoms with Crippen LogP contribution in [0.3, 0.4) is 0 Å². The lowest BCUT2D eigenvalue weighted by Gasteiger charge is -2.45. The maximum Gasteiger partial charge on any atom is 0.279 e. The van der Waals surface area contributed by atoms with Gasteiger partial charge < -0.3 is 10.2 Å². The van der Waals surface area contributed by atoms with Crippen molar-refractivity contribution in [3.63, 3.8) is 0 Å². The van der Waals surface area contributed by atoms with Gasteiger partial charge in [-0.05, 0) is 55.0 Å². The average molecular weight is 464 g/mol. The number of hydrogen-bond donors (Lipinski definition) is 1. The summed E-state index contributed by atoms with van der Waals surface area (Å²) in [5.41, 5.74) is 3.50. The molecular formula is C29H22FN3O2. The van der Waals surface area contributed by atoms with E-state index in [2.05, 4.69) is 5.32 Å². The van der Waals surface area contributed by atoms with Crippen molar-refractivity contribution in [1.82, 2.24) is 0 Å². The summed E-state index contributed by atoms with van der Waals surface area (Å²) in [4.78, 5) is 31.6. The van der Waals surface area contributed by atoms with Crippen LogP contribution in [0.25, 0.3) is 0 Å².